The molecule has 0 atom stereocenters. The molecule has 0 spiro atoms. The summed E-state index contributed by atoms with van der Waals surface area (Å²) in [6.07, 6.45) is 3.40. The Bertz CT molecular complexity index is 562. The maximum atomic E-state index is 5.80. The first-order valence-electron chi connectivity index (χ1n) is 6.73. The molecular formula is C16H21N3O. The molecule has 0 aliphatic carbocycles. The van der Waals surface area contributed by atoms with E-state index in [9.17, 15) is 0 Å². The first-order valence-corrected chi connectivity index (χ1v) is 6.73. The second-order valence-electron chi connectivity index (χ2n) is 5.77. The lowest BCUT2D eigenvalue weighted by Crippen LogP contribution is -2.15. The summed E-state index contributed by atoms with van der Waals surface area (Å²) in [6, 6.07) is 7.79. The van der Waals surface area contributed by atoms with Crippen LogP contribution in [0.15, 0.2) is 36.7 Å². The van der Waals surface area contributed by atoms with Gasteiger partial charge in [0.25, 0.3) is 0 Å². The Labute approximate surface area is 120 Å². The van der Waals surface area contributed by atoms with Gasteiger partial charge in [-0.15, -0.1) is 0 Å². The van der Waals surface area contributed by atoms with Crippen molar-refractivity contribution in [1.82, 2.24) is 15.3 Å². The molecule has 0 aliphatic heterocycles. The van der Waals surface area contributed by atoms with Crippen LogP contribution in [0.25, 0.3) is 0 Å². The monoisotopic (exact) mass is 271 g/mol. The van der Waals surface area contributed by atoms with Crippen LogP contribution in [-0.4, -0.2) is 17.0 Å². The predicted molar refractivity (Wildman–Crippen MR) is 80.0 cm³/mol. The fourth-order valence-corrected chi connectivity index (χ4v) is 1.83. The second-order valence-corrected chi connectivity index (χ2v) is 5.77. The van der Waals surface area contributed by atoms with Crippen LogP contribution in [0.4, 0.5) is 0 Å². The maximum absolute atomic E-state index is 5.80. The minimum absolute atomic E-state index is 0.0171. The molecule has 0 aliphatic rings. The number of ether oxygens (including phenoxy) is 1. The number of rotatable bonds is 4. The highest BCUT2D eigenvalue weighted by atomic mass is 16.5. The topological polar surface area (TPSA) is 47.0 Å². The summed E-state index contributed by atoms with van der Waals surface area (Å²) >= 11 is 0. The SMILES string of the molecule is CNCc1cc(Oc2cccnc2)nc(C(C)(C)C)c1. The van der Waals surface area contributed by atoms with E-state index in [1.165, 1.54) is 0 Å². The lowest BCUT2D eigenvalue weighted by molar-refractivity contribution is 0.448. The van der Waals surface area contributed by atoms with Crippen molar-refractivity contribution in [2.75, 3.05) is 7.05 Å². The van der Waals surface area contributed by atoms with Crippen LogP contribution < -0.4 is 10.1 Å². The Kier molecular flexibility index (Phi) is 4.35. The molecular weight excluding hydrogens is 250 g/mol. The molecule has 0 saturated carbocycles. The van der Waals surface area contributed by atoms with E-state index in [2.05, 4.69) is 42.1 Å². The Hall–Kier alpha value is -1.94. The molecule has 4 nitrogen and oxygen atoms in total. The number of aromatic nitrogens is 2. The fourth-order valence-electron chi connectivity index (χ4n) is 1.83. The number of hydrogen-bond acceptors (Lipinski definition) is 4. The second kappa shape index (κ2) is 6.01. The van der Waals surface area contributed by atoms with Gasteiger partial charge in [-0.05, 0) is 30.8 Å². The third-order valence-electron chi connectivity index (χ3n) is 2.87. The molecule has 20 heavy (non-hydrogen) atoms. The van der Waals surface area contributed by atoms with Crippen LogP contribution in [0.3, 0.4) is 0 Å². The lowest BCUT2D eigenvalue weighted by atomic mass is 9.91. The van der Waals surface area contributed by atoms with Gasteiger partial charge in [0, 0.05) is 24.2 Å². The molecule has 0 radical (unpaired) electrons. The molecule has 0 amide bonds. The van der Waals surface area contributed by atoms with Crippen molar-refractivity contribution in [3.8, 4) is 11.6 Å². The van der Waals surface area contributed by atoms with Crippen LogP contribution in [0.1, 0.15) is 32.0 Å². The van der Waals surface area contributed by atoms with Crippen LogP contribution >= 0.6 is 0 Å². The van der Waals surface area contributed by atoms with Crippen molar-refractivity contribution in [1.29, 1.82) is 0 Å². The minimum Gasteiger partial charge on any atom is -0.437 e. The van der Waals surface area contributed by atoms with Gasteiger partial charge in [0.1, 0.15) is 5.75 Å². The molecule has 0 saturated heterocycles. The van der Waals surface area contributed by atoms with E-state index in [0.29, 0.717) is 11.6 Å². The van der Waals surface area contributed by atoms with Crippen molar-refractivity contribution in [2.24, 2.45) is 0 Å². The van der Waals surface area contributed by atoms with Crippen LogP contribution in [0, 0.1) is 0 Å². The first-order chi connectivity index (χ1) is 9.49. The zero-order chi connectivity index (χ0) is 14.6. The summed E-state index contributed by atoms with van der Waals surface area (Å²) in [5.41, 5.74) is 2.16. The molecule has 2 aromatic heterocycles. The molecule has 2 aromatic rings. The highest BCUT2D eigenvalue weighted by molar-refractivity contribution is 5.31. The van der Waals surface area contributed by atoms with E-state index in [-0.39, 0.29) is 5.41 Å². The molecule has 0 aromatic carbocycles. The van der Waals surface area contributed by atoms with Gasteiger partial charge in [-0.2, -0.15) is 0 Å². The number of nitrogens with one attached hydrogen (secondary N) is 1. The predicted octanol–water partition coefficient (Wildman–Crippen LogP) is 3.29. The first kappa shape index (κ1) is 14.5. The van der Waals surface area contributed by atoms with Crippen molar-refractivity contribution >= 4 is 0 Å². The van der Waals surface area contributed by atoms with Gasteiger partial charge in [-0.25, -0.2) is 4.98 Å². The largest absolute Gasteiger partial charge is 0.437 e. The highest BCUT2D eigenvalue weighted by Gasteiger charge is 2.17. The highest BCUT2D eigenvalue weighted by Crippen LogP contribution is 2.26. The summed E-state index contributed by atoms with van der Waals surface area (Å²) in [5, 5.41) is 3.16. The van der Waals surface area contributed by atoms with Crippen molar-refractivity contribution in [3.63, 3.8) is 0 Å². The average molecular weight is 271 g/mol. The summed E-state index contributed by atoms with van der Waals surface area (Å²) in [4.78, 5) is 8.65. The van der Waals surface area contributed by atoms with Crippen LogP contribution in [-0.2, 0) is 12.0 Å². The minimum atomic E-state index is -0.0171. The normalized spacial score (nSPS) is 11.4. The van der Waals surface area contributed by atoms with Gasteiger partial charge in [0.2, 0.25) is 5.88 Å². The van der Waals surface area contributed by atoms with Gasteiger partial charge in [-0.3, -0.25) is 4.98 Å². The lowest BCUT2D eigenvalue weighted by Gasteiger charge is -2.20. The van der Waals surface area contributed by atoms with Crippen molar-refractivity contribution in [3.05, 3.63) is 47.9 Å². The average Bonchev–Trinajstić information content (AvgIpc) is 2.39. The fraction of sp³-hybridized carbons (Fsp3) is 0.375. The molecule has 0 fully saturated rings. The van der Waals surface area contributed by atoms with Crippen LogP contribution in [0.5, 0.6) is 11.6 Å². The van der Waals surface area contributed by atoms with E-state index >= 15 is 0 Å². The molecule has 2 heterocycles. The zero-order valence-corrected chi connectivity index (χ0v) is 12.5. The number of nitrogens with zero attached hydrogens (tertiary/aromatic N) is 2. The molecule has 0 bridgehead atoms. The van der Waals surface area contributed by atoms with Crippen molar-refractivity contribution < 1.29 is 4.74 Å². The smallest absolute Gasteiger partial charge is 0.219 e. The molecule has 1 N–H and O–H groups in total. The molecule has 0 unspecified atom stereocenters. The molecule has 106 valence electrons. The summed E-state index contributed by atoms with van der Waals surface area (Å²) in [6.45, 7) is 7.22. The van der Waals surface area contributed by atoms with Gasteiger partial charge in [0.05, 0.1) is 11.9 Å². The van der Waals surface area contributed by atoms with E-state index in [0.717, 1.165) is 17.8 Å². The van der Waals surface area contributed by atoms with Crippen LogP contribution in [0.2, 0.25) is 0 Å². The summed E-state index contributed by atoms with van der Waals surface area (Å²) in [7, 11) is 1.93. The molecule has 4 heteroatoms. The van der Waals surface area contributed by atoms with Gasteiger partial charge < -0.3 is 10.1 Å². The van der Waals surface area contributed by atoms with Gasteiger partial charge in [-0.1, -0.05) is 20.8 Å². The van der Waals surface area contributed by atoms with E-state index in [1.54, 1.807) is 12.4 Å². The number of pyridine rings is 2. The third-order valence-corrected chi connectivity index (χ3v) is 2.87. The summed E-state index contributed by atoms with van der Waals surface area (Å²) in [5.74, 6) is 1.30. The van der Waals surface area contributed by atoms with E-state index < -0.39 is 0 Å². The van der Waals surface area contributed by atoms with Gasteiger partial charge >= 0.3 is 0 Å². The quantitative estimate of drug-likeness (QED) is 0.927. The maximum Gasteiger partial charge on any atom is 0.219 e. The number of hydrogen-bond donors (Lipinski definition) is 1. The van der Waals surface area contributed by atoms with E-state index in [1.807, 2.05) is 25.2 Å². The standard InChI is InChI=1S/C16H21N3O/c1-16(2,3)14-8-12(10-17-4)9-15(19-14)20-13-6-5-7-18-11-13/h5-9,11,17H,10H2,1-4H3. The zero-order valence-electron chi connectivity index (χ0n) is 12.5. The van der Waals surface area contributed by atoms with Crippen molar-refractivity contribution in [2.45, 2.75) is 32.7 Å². The third kappa shape index (κ3) is 3.78. The van der Waals surface area contributed by atoms with Gasteiger partial charge in [0.15, 0.2) is 0 Å². The Morgan fingerprint density at radius 1 is 1.25 bits per heavy atom. The Morgan fingerprint density at radius 2 is 2.05 bits per heavy atom. The Balaban J connectivity index is 2.34. The molecule has 2 rings (SSSR count). The Morgan fingerprint density at radius 3 is 2.65 bits per heavy atom. The van der Waals surface area contributed by atoms with E-state index in [4.69, 9.17) is 4.74 Å². The summed E-state index contributed by atoms with van der Waals surface area (Å²) < 4.78 is 5.80.